The minimum Gasteiger partial charge on any atom is -0.357 e. The molecule has 2 heterocycles. The Labute approximate surface area is 137 Å². The second-order valence-electron chi connectivity index (χ2n) is 6.01. The highest BCUT2D eigenvalue weighted by atomic mass is 16.2. The summed E-state index contributed by atoms with van der Waals surface area (Å²) < 4.78 is 0. The molecule has 0 aromatic carbocycles. The van der Waals surface area contributed by atoms with Crippen LogP contribution in [0.3, 0.4) is 0 Å². The molecule has 23 heavy (non-hydrogen) atoms. The van der Waals surface area contributed by atoms with Crippen LogP contribution in [0.5, 0.6) is 0 Å². The molecule has 1 aliphatic rings. The number of pyridine rings is 1. The molecule has 6 heteroatoms. The Morgan fingerprint density at radius 3 is 2.78 bits per heavy atom. The molecule has 0 aliphatic carbocycles. The molecule has 1 aliphatic heterocycles. The van der Waals surface area contributed by atoms with E-state index in [9.17, 15) is 9.59 Å². The van der Waals surface area contributed by atoms with Crippen molar-refractivity contribution in [3.05, 3.63) is 23.9 Å². The summed E-state index contributed by atoms with van der Waals surface area (Å²) in [5.74, 6) is 0.339. The van der Waals surface area contributed by atoms with Gasteiger partial charge in [0.15, 0.2) is 0 Å². The molecule has 1 fully saturated rings. The van der Waals surface area contributed by atoms with E-state index in [1.807, 2.05) is 19.1 Å². The van der Waals surface area contributed by atoms with Gasteiger partial charge in [-0.15, -0.1) is 0 Å². The highest BCUT2D eigenvalue weighted by Gasteiger charge is 2.22. The molecule has 1 unspecified atom stereocenters. The molecule has 0 spiro atoms. The van der Waals surface area contributed by atoms with Crippen LogP contribution in [0.1, 0.15) is 44.1 Å². The predicted molar refractivity (Wildman–Crippen MR) is 90.4 cm³/mol. The fourth-order valence-electron chi connectivity index (χ4n) is 3.09. The first-order valence-electron chi connectivity index (χ1n) is 8.30. The lowest BCUT2D eigenvalue weighted by molar-refractivity contribution is -0.126. The maximum Gasteiger partial charge on any atom is 0.233 e. The lowest BCUT2D eigenvalue weighted by Crippen LogP contribution is -2.41. The average molecular weight is 318 g/mol. The van der Waals surface area contributed by atoms with E-state index in [0.717, 1.165) is 43.7 Å². The molecule has 0 saturated carbocycles. The number of aromatic nitrogens is 1. The Kier molecular flexibility index (Phi) is 6.52. The minimum absolute atomic E-state index is 0.261. The number of anilines is 1. The summed E-state index contributed by atoms with van der Waals surface area (Å²) in [5.41, 5.74) is 0.855. The van der Waals surface area contributed by atoms with Crippen LogP contribution >= 0.6 is 0 Å². The topological polar surface area (TPSA) is 74.3 Å². The number of hydrogen-bond acceptors (Lipinski definition) is 5. The van der Waals surface area contributed by atoms with Crippen LogP contribution in [-0.4, -0.2) is 43.5 Å². The molecule has 1 aromatic heterocycles. The normalized spacial score (nSPS) is 16.6. The molecule has 0 radical (unpaired) electrons. The molecule has 2 rings (SSSR count). The number of hydrogen-bond donors (Lipinski definition) is 2. The third kappa shape index (κ3) is 4.51. The highest BCUT2D eigenvalue weighted by Crippen LogP contribution is 2.24. The lowest BCUT2D eigenvalue weighted by atomic mass is 9.95. The van der Waals surface area contributed by atoms with Gasteiger partial charge in [-0.3, -0.25) is 14.9 Å². The highest BCUT2D eigenvalue weighted by molar-refractivity contribution is 5.91. The Bertz CT molecular complexity index is 512. The molecule has 0 bridgehead atoms. The van der Waals surface area contributed by atoms with Gasteiger partial charge in [-0.05, 0) is 44.0 Å². The number of carbonyl (C=O) groups excluding carboxylic acids is 2. The number of piperidine rings is 1. The van der Waals surface area contributed by atoms with E-state index in [1.54, 1.807) is 6.20 Å². The summed E-state index contributed by atoms with van der Waals surface area (Å²) >= 11 is 0. The van der Waals surface area contributed by atoms with Gasteiger partial charge in [-0.1, -0.05) is 19.4 Å². The largest absolute Gasteiger partial charge is 0.357 e. The first kappa shape index (κ1) is 17.4. The summed E-state index contributed by atoms with van der Waals surface area (Å²) in [6, 6.07) is 4.41. The van der Waals surface area contributed by atoms with Crippen LogP contribution in [0, 0.1) is 0 Å². The first-order chi connectivity index (χ1) is 11.2. The van der Waals surface area contributed by atoms with Crippen molar-refractivity contribution in [1.29, 1.82) is 0 Å². The Hall–Kier alpha value is -1.95. The van der Waals surface area contributed by atoms with Gasteiger partial charge in [-0.25, -0.2) is 4.98 Å². The van der Waals surface area contributed by atoms with E-state index in [1.165, 1.54) is 0 Å². The van der Waals surface area contributed by atoms with Crippen molar-refractivity contribution in [1.82, 2.24) is 15.6 Å². The van der Waals surface area contributed by atoms with Crippen molar-refractivity contribution in [2.45, 2.75) is 44.6 Å². The summed E-state index contributed by atoms with van der Waals surface area (Å²) in [5, 5.41) is 5.62. The van der Waals surface area contributed by atoms with Crippen LogP contribution in [0.25, 0.3) is 0 Å². The number of nitrogens with zero attached hydrogens (tertiary/aromatic N) is 2. The number of amides is 2. The van der Waals surface area contributed by atoms with E-state index >= 15 is 0 Å². The monoisotopic (exact) mass is 318 g/mol. The summed E-state index contributed by atoms with van der Waals surface area (Å²) in [4.78, 5) is 29.3. The molecular formula is C17H26N4O2. The zero-order valence-corrected chi connectivity index (χ0v) is 13.9. The SMILES string of the molecule is CCCC(C(=O)NC=O)c1ccc(N(C)C2CCNCC2)nc1. The fourth-order valence-corrected chi connectivity index (χ4v) is 3.09. The van der Waals surface area contributed by atoms with E-state index in [2.05, 4.69) is 27.6 Å². The Morgan fingerprint density at radius 1 is 1.48 bits per heavy atom. The van der Waals surface area contributed by atoms with Gasteiger partial charge < -0.3 is 10.2 Å². The van der Waals surface area contributed by atoms with Gasteiger partial charge in [0, 0.05) is 19.3 Å². The van der Waals surface area contributed by atoms with E-state index in [0.29, 0.717) is 18.9 Å². The third-order valence-electron chi connectivity index (χ3n) is 4.49. The van der Waals surface area contributed by atoms with Crippen molar-refractivity contribution in [3.8, 4) is 0 Å². The molecule has 2 amide bonds. The van der Waals surface area contributed by atoms with Gasteiger partial charge >= 0.3 is 0 Å². The van der Waals surface area contributed by atoms with E-state index in [-0.39, 0.29) is 11.8 Å². The van der Waals surface area contributed by atoms with Gasteiger partial charge in [0.1, 0.15) is 5.82 Å². The van der Waals surface area contributed by atoms with Crippen molar-refractivity contribution in [2.75, 3.05) is 25.0 Å². The standard InChI is InChI=1S/C17H26N4O2/c1-3-4-15(17(23)20-12-22)13-5-6-16(19-11-13)21(2)14-7-9-18-10-8-14/h5-6,11-12,14-15,18H,3-4,7-10H2,1-2H3,(H,20,22,23). The summed E-state index contributed by atoms with van der Waals surface area (Å²) in [7, 11) is 2.07. The molecule has 2 N–H and O–H groups in total. The third-order valence-corrected chi connectivity index (χ3v) is 4.49. The van der Waals surface area contributed by atoms with Crippen molar-refractivity contribution in [3.63, 3.8) is 0 Å². The number of imide groups is 1. The average Bonchev–Trinajstić information content (AvgIpc) is 2.60. The van der Waals surface area contributed by atoms with Gasteiger partial charge in [0.05, 0.1) is 5.92 Å². The maximum absolute atomic E-state index is 12.0. The van der Waals surface area contributed by atoms with Crippen LogP contribution < -0.4 is 15.5 Å². The second kappa shape index (κ2) is 8.62. The molecule has 6 nitrogen and oxygen atoms in total. The molecule has 1 aromatic rings. The molecular weight excluding hydrogens is 292 g/mol. The van der Waals surface area contributed by atoms with Gasteiger partial charge in [-0.2, -0.15) is 0 Å². The smallest absolute Gasteiger partial charge is 0.233 e. The van der Waals surface area contributed by atoms with Crippen molar-refractivity contribution < 1.29 is 9.59 Å². The van der Waals surface area contributed by atoms with Crippen LogP contribution in [-0.2, 0) is 9.59 Å². The van der Waals surface area contributed by atoms with E-state index in [4.69, 9.17) is 0 Å². The van der Waals surface area contributed by atoms with Crippen LogP contribution in [0.15, 0.2) is 18.3 Å². The summed E-state index contributed by atoms with van der Waals surface area (Å²) in [6.07, 6.45) is 5.99. The number of rotatable bonds is 7. The number of carbonyl (C=O) groups is 2. The zero-order valence-electron chi connectivity index (χ0n) is 13.9. The Morgan fingerprint density at radius 2 is 2.22 bits per heavy atom. The second-order valence-corrected chi connectivity index (χ2v) is 6.01. The van der Waals surface area contributed by atoms with E-state index < -0.39 is 0 Å². The van der Waals surface area contributed by atoms with Gasteiger partial charge in [0.25, 0.3) is 0 Å². The number of nitrogens with one attached hydrogen (secondary N) is 2. The molecule has 1 saturated heterocycles. The molecule has 126 valence electrons. The summed E-state index contributed by atoms with van der Waals surface area (Å²) in [6.45, 7) is 4.10. The maximum atomic E-state index is 12.0. The lowest BCUT2D eigenvalue weighted by Gasteiger charge is -2.32. The molecule has 1 atom stereocenters. The van der Waals surface area contributed by atoms with Crippen LogP contribution in [0.4, 0.5) is 5.82 Å². The van der Waals surface area contributed by atoms with Gasteiger partial charge in [0.2, 0.25) is 12.3 Å². The first-order valence-corrected chi connectivity index (χ1v) is 8.30. The Balaban J connectivity index is 2.09. The van der Waals surface area contributed by atoms with Crippen LogP contribution in [0.2, 0.25) is 0 Å². The zero-order chi connectivity index (χ0) is 16.7. The van der Waals surface area contributed by atoms with Crippen molar-refractivity contribution in [2.24, 2.45) is 0 Å². The quantitative estimate of drug-likeness (QED) is 0.744. The predicted octanol–water partition coefficient (Wildman–Crippen LogP) is 1.43. The van der Waals surface area contributed by atoms with Crippen molar-refractivity contribution >= 4 is 18.1 Å². The fraction of sp³-hybridized carbons (Fsp3) is 0.588. The minimum atomic E-state index is -0.323.